The Morgan fingerprint density at radius 3 is 2.52 bits per heavy atom. The standard InChI is InChI=1S/C17H21N3O/c1-5-18-16-10-13(3)19-11-15(16)17(21)20(4)14-8-6-12(2)7-9-14/h6-11H,5H2,1-4H3,(H,18,19). The minimum Gasteiger partial charge on any atom is -0.385 e. The Balaban J connectivity index is 2.32. The molecule has 4 nitrogen and oxygen atoms in total. The van der Waals surface area contributed by atoms with Gasteiger partial charge in [0.1, 0.15) is 0 Å². The van der Waals surface area contributed by atoms with Gasteiger partial charge in [-0.15, -0.1) is 0 Å². The van der Waals surface area contributed by atoms with Crippen molar-refractivity contribution in [1.82, 2.24) is 4.98 Å². The Morgan fingerprint density at radius 1 is 1.24 bits per heavy atom. The Labute approximate surface area is 125 Å². The summed E-state index contributed by atoms with van der Waals surface area (Å²) < 4.78 is 0. The first kappa shape index (κ1) is 15.0. The molecule has 1 N–H and O–H groups in total. The van der Waals surface area contributed by atoms with E-state index >= 15 is 0 Å². The number of anilines is 2. The van der Waals surface area contributed by atoms with Crippen molar-refractivity contribution in [3.8, 4) is 0 Å². The zero-order valence-corrected chi connectivity index (χ0v) is 13.0. The summed E-state index contributed by atoms with van der Waals surface area (Å²) in [6, 6.07) is 9.79. The SMILES string of the molecule is CCNc1cc(C)ncc1C(=O)N(C)c1ccc(C)cc1. The van der Waals surface area contributed by atoms with Crippen molar-refractivity contribution >= 4 is 17.3 Å². The molecule has 0 aliphatic rings. The number of aryl methyl sites for hydroxylation is 2. The molecule has 2 aromatic rings. The van der Waals surface area contributed by atoms with Gasteiger partial charge in [0.25, 0.3) is 5.91 Å². The van der Waals surface area contributed by atoms with Gasteiger partial charge in [0.2, 0.25) is 0 Å². The molecule has 2 rings (SSSR count). The molecule has 21 heavy (non-hydrogen) atoms. The van der Waals surface area contributed by atoms with Gasteiger partial charge in [-0.05, 0) is 39.0 Å². The molecule has 0 saturated carbocycles. The highest BCUT2D eigenvalue weighted by Crippen LogP contribution is 2.21. The number of pyridine rings is 1. The van der Waals surface area contributed by atoms with Crippen molar-refractivity contribution in [3.05, 3.63) is 53.3 Å². The fourth-order valence-corrected chi connectivity index (χ4v) is 2.13. The molecule has 0 saturated heterocycles. The molecule has 0 unspecified atom stereocenters. The van der Waals surface area contributed by atoms with Gasteiger partial charge in [-0.2, -0.15) is 0 Å². The Bertz CT molecular complexity index is 635. The van der Waals surface area contributed by atoms with Crippen molar-refractivity contribution in [2.75, 3.05) is 23.8 Å². The number of amides is 1. The molecule has 0 aliphatic carbocycles. The second-order valence-corrected chi connectivity index (χ2v) is 5.10. The topological polar surface area (TPSA) is 45.2 Å². The number of rotatable bonds is 4. The predicted molar refractivity (Wildman–Crippen MR) is 87.1 cm³/mol. The number of carbonyl (C=O) groups is 1. The molecule has 0 bridgehead atoms. The summed E-state index contributed by atoms with van der Waals surface area (Å²) in [5, 5.41) is 3.23. The van der Waals surface area contributed by atoms with Crippen molar-refractivity contribution in [1.29, 1.82) is 0 Å². The number of hydrogen-bond acceptors (Lipinski definition) is 3. The van der Waals surface area contributed by atoms with E-state index in [1.54, 1.807) is 18.1 Å². The first-order valence-corrected chi connectivity index (χ1v) is 7.08. The molecule has 1 amide bonds. The molecule has 0 spiro atoms. The highest BCUT2D eigenvalue weighted by Gasteiger charge is 2.17. The van der Waals surface area contributed by atoms with E-state index in [1.165, 1.54) is 5.56 Å². The van der Waals surface area contributed by atoms with Crippen LogP contribution in [0.3, 0.4) is 0 Å². The van der Waals surface area contributed by atoms with E-state index in [4.69, 9.17) is 0 Å². The maximum Gasteiger partial charge on any atom is 0.261 e. The third kappa shape index (κ3) is 3.40. The number of nitrogens with one attached hydrogen (secondary N) is 1. The number of hydrogen-bond donors (Lipinski definition) is 1. The van der Waals surface area contributed by atoms with E-state index < -0.39 is 0 Å². The van der Waals surface area contributed by atoms with E-state index in [0.717, 1.165) is 23.6 Å². The molecular weight excluding hydrogens is 262 g/mol. The van der Waals surface area contributed by atoms with Crippen molar-refractivity contribution in [3.63, 3.8) is 0 Å². The highest BCUT2D eigenvalue weighted by molar-refractivity contribution is 6.09. The largest absolute Gasteiger partial charge is 0.385 e. The molecule has 1 heterocycles. The Morgan fingerprint density at radius 2 is 1.90 bits per heavy atom. The molecule has 1 aromatic carbocycles. The van der Waals surface area contributed by atoms with Gasteiger partial charge in [0.15, 0.2) is 0 Å². The molecular formula is C17H21N3O. The van der Waals surface area contributed by atoms with E-state index in [-0.39, 0.29) is 5.91 Å². The monoisotopic (exact) mass is 283 g/mol. The van der Waals surface area contributed by atoms with Crippen LogP contribution in [0.1, 0.15) is 28.5 Å². The summed E-state index contributed by atoms with van der Waals surface area (Å²) in [5.41, 5.74) is 4.35. The number of carbonyl (C=O) groups excluding carboxylic acids is 1. The fraction of sp³-hybridized carbons (Fsp3) is 0.294. The number of benzene rings is 1. The molecule has 0 fully saturated rings. The van der Waals surface area contributed by atoms with Crippen LogP contribution in [0.15, 0.2) is 36.5 Å². The lowest BCUT2D eigenvalue weighted by molar-refractivity contribution is 0.0993. The van der Waals surface area contributed by atoms with Crippen LogP contribution in [0.4, 0.5) is 11.4 Å². The lowest BCUT2D eigenvalue weighted by atomic mass is 10.1. The molecule has 0 radical (unpaired) electrons. The quantitative estimate of drug-likeness (QED) is 0.935. The summed E-state index contributed by atoms with van der Waals surface area (Å²) >= 11 is 0. The van der Waals surface area contributed by atoms with Crippen LogP contribution in [0.25, 0.3) is 0 Å². The number of nitrogens with zero attached hydrogens (tertiary/aromatic N) is 2. The number of aromatic nitrogens is 1. The van der Waals surface area contributed by atoms with Crippen molar-refractivity contribution < 1.29 is 4.79 Å². The zero-order chi connectivity index (χ0) is 15.4. The maximum atomic E-state index is 12.7. The van der Waals surface area contributed by atoms with E-state index in [1.807, 2.05) is 51.1 Å². The van der Waals surface area contributed by atoms with E-state index in [0.29, 0.717) is 5.56 Å². The van der Waals surface area contributed by atoms with Gasteiger partial charge in [0.05, 0.1) is 11.3 Å². The van der Waals surface area contributed by atoms with Gasteiger partial charge in [-0.1, -0.05) is 17.7 Å². The van der Waals surface area contributed by atoms with Crippen LogP contribution < -0.4 is 10.2 Å². The van der Waals surface area contributed by atoms with Gasteiger partial charge in [-0.3, -0.25) is 9.78 Å². The summed E-state index contributed by atoms with van der Waals surface area (Å²) in [4.78, 5) is 18.6. The highest BCUT2D eigenvalue weighted by atomic mass is 16.2. The first-order valence-electron chi connectivity index (χ1n) is 7.08. The summed E-state index contributed by atoms with van der Waals surface area (Å²) in [7, 11) is 1.78. The predicted octanol–water partition coefficient (Wildman–Crippen LogP) is 3.41. The molecule has 0 aliphatic heterocycles. The average molecular weight is 283 g/mol. The lowest BCUT2D eigenvalue weighted by Crippen LogP contribution is -2.27. The summed E-state index contributed by atoms with van der Waals surface area (Å²) in [6.45, 7) is 6.71. The van der Waals surface area contributed by atoms with Crippen LogP contribution in [0.5, 0.6) is 0 Å². The molecule has 0 atom stereocenters. The lowest BCUT2D eigenvalue weighted by Gasteiger charge is -2.19. The zero-order valence-electron chi connectivity index (χ0n) is 13.0. The van der Waals surface area contributed by atoms with Crippen LogP contribution in [0, 0.1) is 13.8 Å². The maximum absolute atomic E-state index is 12.7. The van der Waals surface area contributed by atoms with Crippen molar-refractivity contribution in [2.45, 2.75) is 20.8 Å². The summed E-state index contributed by atoms with van der Waals surface area (Å²) in [6.07, 6.45) is 1.64. The van der Waals surface area contributed by atoms with E-state index in [9.17, 15) is 4.79 Å². The second kappa shape index (κ2) is 6.39. The average Bonchev–Trinajstić information content (AvgIpc) is 2.47. The van der Waals surface area contributed by atoms with Gasteiger partial charge >= 0.3 is 0 Å². The third-order valence-electron chi connectivity index (χ3n) is 3.36. The Hall–Kier alpha value is -2.36. The second-order valence-electron chi connectivity index (χ2n) is 5.10. The third-order valence-corrected chi connectivity index (χ3v) is 3.36. The first-order chi connectivity index (χ1) is 10.0. The molecule has 4 heteroatoms. The Kier molecular flexibility index (Phi) is 4.58. The van der Waals surface area contributed by atoms with E-state index in [2.05, 4.69) is 10.3 Å². The molecule has 1 aromatic heterocycles. The van der Waals surface area contributed by atoms with Gasteiger partial charge in [-0.25, -0.2) is 0 Å². The fourth-order valence-electron chi connectivity index (χ4n) is 2.13. The van der Waals surface area contributed by atoms with Crippen LogP contribution in [0.2, 0.25) is 0 Å². The normalized spacial score (nSPS) is 10.3. The van der Waals surface area contributed by atoms with Crippen LogP contribution in [-0.4, -0.2) is 24.5 Å². The van der Waals surface area contributed by atoms with Crippen molar-refractivity contribution in [2.24, 2.45) is 0 Å². The minimum absolute atomic E-state index is 0.0673. The smallest absolute Gasteiger partial charge is 0.261 e. The van der Waals surface area contributed by atoms with Gasteiger partial charge < -0.3 is 10.2 Å². The minimum atomic E-state index is -0.0673. The van der Waals surface area contributed by atoms with Crippen LogP contribution >= 0.6 is 0 Å². The van der Waals surface area contributed by atoms with Crippen LogP contribution in [-0.2, 0) is 0 Å². The molecule has 110 valence electrons. The van der Waals surface area contributed by atoms with Gasteiger partial charge in [0, 0.05) is 31.2 Å². The summed E-state index contributed by atoms with van der Waals surface area (Å²) in [5.74, 6) is -0.0673.